The lowest BCUT2D eigenvalue weighted by molar-refractivity contribution is 0.0694. The van der Waals surface area contributed by atoms with E-state index in [2.05, 4.69) is 5.10 Å². The average molecular weight is 196 g/mol. The third-order valence-electron chi connectivity index (χ3n) is 2.08. The largest absolute Gasteiger partial charge is 0.478 e. The summed E-state index contributed by atoms with van der Waals surface area (Å²) in [6, 6.07) is 0. The maximum atomic E-state index is 10.9. The smallest absolute Gasteiger partial charge is 0.339 e. The number of aryl methyl sites for hydroxylation is 1. The Kier molecular flexibility index (Phi) is 2.64. The van der Waals surface area contributed by atoms with Crippen molar-refractivity contribution >= 4 is 5.97 Å². The van der Waals surface area contributed by atoms with Crippen molar-refractivity contribution in [3.63, 3.8) is 0 Å². The van der Waals surface area contributed by atoms with Gasteiger partial charge >= 0.3 is 5.97 Å². The second-order valence-electron chi connectivity index (χ2n) is 4.28. The Hall–Kier alpha value is -1.32. The number of carbonyl (C=O) groups is 1. The van der Waals surface area contributed by atoms with E-state index in [1.807, 2.05) is 27.7 Å². The van der Waals surface area contributed by atoms with Gasteiger partial charge in [-0.05, 0) is 6.92 Å². The van der Waals surface area contributed by atoms with Crippen LogP contribution in [0, 0.1) is 0 Å². The molecule has 0 aliphatic rings. The molecule has 0 unspecified atom stereocenters. The first-order chi connectivity index (χ1) is 6.38. The molecule has 0 bridgehead atoms. The zero-order valence-corrected chi connectivity index (χ0v) is 9.03. The Morgan fingerprint density at radius 3 is 2.50 bits per heavy atom. The van der Waals surface area contributed by atoms with Crippen LogP contribution in [0.2, 0.25) is 0 Å². The Morgan fingerprint density at radius 1 is 1.57 bits per heavy atom. The fourth-order valence-electron chi connectivity index (χ4n) is 1.57. The SMILES string of the molecule is CCn1ncc(C(=O)O)c1C(C)(C)C. The molecule has 0 saturated carbocycles. The summed E-state index contributed by atoms with van der Waals surface area (Å²) in [5, 5.41) is 13.0. The molecule has 1 rings (SSSR count). The summed E-state index contributed by atoms with van der Waals surface area (Å²) in [5.74, 6) is -0.908. The molecule has 0 amide bonds. The van der Waals surface area contributed by atoms with Gasteiger partial charge in [0.15, 0.2) is 0 Å². The van der Waals surface area contributed by atoms with Gasteiger partial charge in [0.1, 0.15) is 5.56 Å². The Bertz CT molecular complexity index is 347. The number of hydrogen-bond donors (Lipinski definition) is 1. The van der Waals surface area contributed by atoms with E-state index in [0.29, 0.717) is 12.1 Å². The second-order valence-corrected chi connectivity index (χ2v) is 4.28. The molecule has 1 N–H and O–H groups in total. The van der Waals surface area contributed by atoms with Gasteiger partial charge in [0, 0.05) is 12.0 Å². The van der Waals surface area contributed by atoms with E-state index in [1.54, 1.807) is 4.68 Å². The summed E-state index contributed by atoms with van der Waals surface area (Å²) in [5.41, 5.74) is 0.895. The van der Waals surface area contributed by atoms with Crippen molar-refractivity contribution in [1.29, 1.82) is 0 Å². The van der Waals surface area contributed by atoms with Crippen molar-refractivity contribution in [1.82, 2.24) is 9.78 Å². The fraction of sp³-hybridized carbons (Fsp3) is 0.600. The third-order valence-corrected chi connectivity index (χ3v) is 2.08. The van der Waals surface area contributed by atoms with E-state index >= 15 is 0 Å². The number of aromatic nitrogens is 2. The number of rotatable bonds is 2. The zero-order valence-electron chi connectivity index (χ0n) is 9.03. The second kappa shape index (κ2) is 3.44. The van der Waals surface area contributed by atoms with Gasteiger partial charge in [-0.2, -0.15) is 5.10 Å². The molecular formula is C10H16N2O2. The van der Waals surface area contributed by atoms with Gasteiger partial charge in [-0.1, -0.05) is 20.8 Å². The van der Waals surface area contributed by atoms with Crippen molar-refractivity contribution in [3.8, 4) is 0 Å². The normalized spacial score (nSPS) is 11.7. The van der Waals surface area contributed by atoms with Crippen molar-refractivity contribution in [2.45, 2.75) is 39.7 Å². The molecular weight excluding hydrogens is 180 g/mol. The summed E-state index contributed by atoms with van der Waals surface area (Å²) in [4.78, 5) is 10.9. The number of aromatic carboxylic acids is 1. The van der Waals surface area contributed by atoms with Crippen LogP contribution in [0.4, 0.5) is 0 Å². The summed E-state index contributed by atoms with van der Waals surface area (Å²) < 4.78 is 1.74. The van der Waals surface area contributed by atoms with Crippen molar-refractivity contribution in [3.05, 3.63) is 17.5 Å². The molecule has 4 heteroatoms. The molecule has 1 aromatic heterocycles. The maximum absolute atomic E-state index is 10.9. The summed E-state index contributed by atoms with van der Waals surface area (Å²) >= 11 is 0. The summed E-state index contributed by atoms with van der Waals surface area (Å²) in [6.45, 7) is 8.61. The fourth-order valence-corrected chi connectivity index (χ4v) is 1.57. The monoisotopic (exact) mass is 196 g/mol. The minimum atomic E-state index is -0.908. The Morgan fingerprint density at radius 2 is 2.14 bits per heavy atom. The quantitative estimate of drug-likeness (QED) is 0.786. The van der Waals surface area contributed by atoms with Crippen LogP contribution in [-0.2, 0) is 12.0 Å². The van der Waals surface area contributed by atoms with E-state index in [4.69, 9.17) is 5.11 Å². The molecule has 0 spiro atoms. The van der Waals surface area contributed by atoms with E-state index < -0.39 is 5.97 Å². The Labute approximate surface area is 83.5 Å². The topological polar surface area (TPSA) is 55.1 Å². The van der Waals surface area contributed by atoms with Crippen molar-refractivity contribution in [2.24, 2.45) is 0 Å². The van der Waals surface area contributed by atoms with Crippen LogP contribution in [0.1, 0.15) is 43.7 Å². The van der Waals surface area contributed by atoms with Gasteiger partial charge in [0.25, 0.3) is 0 Å². The number of carboxylic acid groups (broad SMARTS) is 1. The van der Waals surface area contributed by atoms with Crippen LogP contribution >= 0.6 is 0 Å². The van der Waals surface area contributed by atoms with Gasteiger partial charge in [0.2, 0.25) is 0 Å². The molecule has 0 aromatic carbocycles. The zero-order chi connectivity index (χ0) is 10.9. The summed E-state index contributed by atoms with van der Waals surface area (Å²) in [7, 11) is 0. The Balaban J connectivity index is 3.34. The van der Waals surface area contributed by atoms with Gasteiger partial charge in [-0.15, -0.1) is 0 Å². The van der Waals surface area contributed by atoms with E-state index in [0.717, 1.165) is 5.69 Å². The average Bonchev–Trinajstić information content (AvgIpc) is 2.45. The molecule has 0 saturated heterocycles. The molecule has 0 atom stereocenters. The van der Waals surface area contributed by atoms with Crippen LogP contribution in [0.25, 0.3) is 0 Å². The van der Waals surface area contributed by atoms with Gasteiger partial charge in [-0.25, -0.2) is 4.79 Å². The standard InChI is InChI=1S/C10H16N2O2/c1-5-12-8(10(2,3)4)7(6-11-12)9(13)14/h6H,5H2,1-4H3,(H,13,14). The van der Waals surface area contributed by atoms with Crippen LogP contribution in [0.5, 0.6) is 0 Å². The molecule has 1 aromatic rings. The molecule has 14 heavy (non-hydrogen) atoms. The lowest BCUT2D eigenvalue weighted by Gasteiger charge is -2.20. The van der Waals surface area contributed by atoms with E-state index in [9.17, 15) is 4.79 Å². The molecule has 4 nitrogen and oxygen atoms in total. The van der Waals surface area contributed by atoms with Crippen LogP contribution in [0.15, 0.2) is 6.20 Å². The van der Waals surface area contributed by atoms with Crippen LogP contribution in [0.3, 0.4) is 0 Å². The molecule has 0 aliphatic heterocycles. The number of nitrogens with zero attached hydrogens (tertiary/aromatic N) is 2. The van der Waals surface area contributed by atoms with E-state index in [-0.39, 0.29) is 5.41 Å². The van der Waals surface area contributed by atoms with Crippen molar-refractivity contribution in [2.75, 3.05) is 0 Å². The van der Waals surface area contributed by atoms with Crippen LogP contribution in [-0.4, -0.2) is 20.9 Å². The van der Waals surface area contributed by atoms with E-state index in [1.165, 1.54) is 6.20 Å². The minimum Gasteiger partial charge on any atom is -0.478 e. The van der Waals surface area contributed by atoms with Gasteiger partial charge < -0.3 is 5.11 Å². The van der Waals surface area contributed by atoms with Gasteiger partial charge in [0.05, 0.1) is 11.9 Å². The van der Waals surface area contributed by atoms with Crippen molar-refractivity contribution < 1.29 is 9.90 Å². The number of carboxylic acids is 1. The van der Waals surface area contributed by atoms with Crippen LogP contribution < -0.4 is 0 Å². The highest BCUT2D eigenvalue weighted by atomic mass is 16.4. The highest BCUT2D eigenvalue weighted by molar-refractivity contribution is 5.89. The lowest BCUT2D eigenvalue weighted by atomic mass is 9.89. The highest BCUT2D eigenvalue weighted by Gasteiger charge is 2.26. The minimum absolute atomic E-state index is 0.194. The molecule has 0 radical (unpaired) electrons. The number of hydrogen-bond acceptors (Lipinski definition) is 2. The highest BCUT2D eigenvalue weighted by Crippen LogP contribution is 2.25. The first-order valence-electron chi connectivity index (χ1n) is 4.67. The molecule has 0 fully saturated rings. The first kappa shape index (κ1) is 10.8. The molecule has 1 heterocycles. The predicted octanol–water partition coefficient (Wildman–Crippen LogP) is 1.90. The first-order valence-corrected chi connectivity index (χ1v) is 4.67. The lowest BCUT2D eigenvalue weighted by Crippen LogP contribution is -2.21. The maximum Gasteiger partial charge on any atom is 0.339 e. The third kappa shape index (κ3) is 1.78. The predicted molar refractivity (Wildman–Crippen MR) is 53.6 cm³/mol. The van der Waals surface area contributed by atoms with Gasteiger partial charge in [-0.3, -0.25) is 4.68 Å². The molecule has 0 aliphatic carbocycles. The molecule has 78 valence electrons. The summed E-state index contributed by atoms with van der Waals surface area (Å²) in [6.07, 6.45) is 1.42.